The third kappa shape index (κ3) is 3.06. The fourth-order valence-corrected chi connectivity index (χ4v) is 2.43. The molecule has 0 aliphatic carbocycles. The summed E-state index contributed by atoms with van der Waals surface area (Å²) in [5.74, 6) is 5.74. The number of nitrogens with one attached hydrogen (secondary N) is 1. The zero-order valence-electron chi connectivity index (χ0n) is 11.1. The Balaban J connectivity index is 3.05. The smallest absolute Gasteiger partial charge is 0.0883 e. The summed E-state index contributed by atoms with van der Waals surface area (Å²) in [5, 5.41) is 0. The lowest BCUT2D eigenvalue weighted by Crippen LogP contribution is -2.48. The van der Waals surface area contributed by atoms with E-state index < -0.39 is 0 Å². The average molecular weight is 236 g/mol. The average Bonchev–Trinajstić information content (AvgIpc) is 2.39. The van der Waals surface area contributed by atoms with Crippen LogP contribution in [0, 0.1) is 0 Å². The van der Waals surface area contributed by atoms with Crippen molar-refractivity contribution in [2.45, 2.75) is 45.3 Å². The second-order valence-electron chi connectivity index (χ2n) is 4.22. The van der Waals surface area contributed by atoms with Crippen LogP contribution in [0.2, 0.25) is 0 Å². The first-order valence-electron chi connectivity index (χ1n) is 6.39. The van der Waals surface area contributed by atoms with Gasteiger partial charge in [0.05, 0.1) is 11.6 Å². The number of benzene rings is 1. The van der Waals surface area contributed by atoms with E-state index in [4.69, 9.17) is 10.6 Å². The topological polar surface area (TPSA) is 47.3 Å². The number of rotatable bonds is 7. The summed E-state index contributed by atoms with van der Waals surface area (Å²) in [5.41, 5.74) is 3.86. The van der Waals surface area contributed by atoms with Gasteiger partial charge in [-0.2, -0.15) is 0 Å². The molecular weight excluding hydrogens is 212 g/mol. The van der Waals surface area contributed by atoms with Gasteiger partial charge in [0, 0.05) is 6.61 Å². The molecule has 1 aromatic carbocycles. The van der Waals surface area contributed by atoms with Gasteiger partial charge in [-0.3, -0.25) is 11.3 Å². The Labute approximate surface area is 104 Å². The Kier molecular flexibility index (Phi) is 5.62. The first-order valence-corrected chi connectivity index (χ1v) is 6.39. The van der Waals surface area contributed by atoms with Crippen molar-refractivity contribution >= 4 is 0 Å². The molecule has 0 spiro atoms. The van der Waals surface area contributed by atoms with Gasteiger partial charge >= 0.3 is 0 Å². The third-order valence-electron chi connectivity index (χ3n) is 3.45. The van der Waals surface area contributed by atoms with Crippen LogP contribution in [0.3, 0.4) is 0 Å². The van der Waals surface area contributed by atoms with Crippen molar-refractivity contribution in [2.24, 2.45) is 5.84 Å². The molecule has 0 aliphatic heterocycles. The number of hydrazine groups is 1. The van der Waals surface area contributed by atoms with Crippen LogP contribution in [-0.2, 0) is 4.74 Å². The maximum atomic E-state index is 5.99. The molecule has 3 heteroatoms. The molecule has 17 heavy (non-hydrogen) atoms. The van der Waals surface area contributed by atoms with Crippen LogP contribution in [0.15, 0.2) is 30.3 Å². The second kappa shape index (κ2) is 6.74. The SMILES string of the molecule is CCOC(CC)(CC)C(NN)c1ccccc1. The van der Waals surface area contributed by atoms with Gasteiger partial charge in [-0.05, 0) is 25.3 Å². The monoisotopic (exact) mass is 236 g/mol. The van der Waals surface area contributed by atoms with E-state index in [1.807, 2.05) is 25.1 Å². The van der Waals surface area contributed by atoms with Crippen molar-refractivity contribution in [3.05, 3.63) is 35.9 Å². The molecule has 96 valence electrons. The molecule has 0 heterocycles. The van der Waals surface area contributed by atoms with E-state index in [9.17, 15) is 0 Å². The standard InChI is InChI=1S/C14H24N2O/c1-4-14(5-2,17-6-3)13(16-15)12-10-8-7-9-11-12/h7-11,13,16H,4-6,15H2,1-3H3. The van der Waals surface area contributed by atoms with Crippen molar-refractivity contribution < 1.29 is 4.74 Å². The third-order valence-corrected chi connectivity index (χ3v) is 3.45. The predicted octanol–water partition coefficient (Wildman–Crippen LogP) is 2.79. The number of hydrogen-bond acceptors (Lipinski definition) is 3. The van der Waals surface area contributed by atoms with Gasteiger partial charge in [0.25, 0.3) is 0 Å². The van der Waals surface area contributed by atoms with E-state index in [-0.39, 0.29) is 11.6 Å². The van der Waals surface area contributed by atoms with Gasteiger partial charge in [-0.1, -0.05) is 44.2 Å². The van der Waals surface area contributed by atoms with Gasteiger partial charge < -0.3 is 4.74 Å². The molecule has 3 nitrogen and oxygen atoms in total. The van der Waals surface area contributed by atoms with E-state index in [1.54, 1.807) is 0 Å². The molecule has 0 aliphatic rings. The number of hydrogen-bond donors (Lipinski definition) is 2. The zero-order valence-corrected chi connectivity index (χ0v) is 11.1. The van der Waals surface area contributed by atoms with Crippen LogP contribution >= 0.6 is 0 Å². The summed E-state index contributed by atoms with van der Waals surface area (Å²) in [7, 11) is 0. The van der Waals surface area contributed by atoms with Crippen LogP contribution in [-0.4, -0.2) is 12.2 Å². The lowest BCUT2D eigenvalue weighted by molar-refractivity contribution is -0.0734. The molecule has 1 unspecified atom stereocenters. The minimum absolute atomic E-state index is 0.0265. The van der Waals surface area contributed by atoms with Crippen molar-refractivity contribution in [2.75, 3.05) is 6.61 Å². The molecule has 0 fully saturated rings. The Hall–Kier alpha value is -0.900. The quantitative estimate of drug-likeness (QED) is 0.565. The lowest BCUT2D eigenvalue weighted by Gasteiger charge is -2.39. The molecule has 1 rings (SSSR count). The first-order chi connectivity index (χ1) is 8.24. The van der Waals surface area contributed by atoms with Crippen molar-refractivity contribution in [3.63, 3.8) is 0 Å². The molecule has 3 N–H and O–H groups in total. The van der Waals surface area contributed by atoms with Gasteiger partial charge in [0.1, 0.15) is 0 Å². The Morgan fingerprint density at radius 3 is 2.18 bits per heavy atom. The summed E-state index contributed by atoms with van der Waals surface area (Å²) in [6.07, 6.45) is 1.86. The summed E-state index contributed by atoms with van der Waals surface area (Å²) in [6, 6.07) is 10.3. The maximum Gasteiger partial charge on any atom is 0.0883 e. The van der Waals surface area contributed by atoms with Crippen LogP contribution < -0.4 is 11.3 Å². The van der Waals surface area contributed by atoms with Gasteiger partial charge in [0.2, 0.25) is 0 Å². The zero-order chi connectivity index (χ0) is 12.7. The molecule has 0 saturated carbocycles. The Morgan fingerprint density at radius 1 is 1.18 bits per heavy atom. The molecule has 1 atom stereocenters. The minimum Gasteiger partial charge on any atom is -0.373 e. The molecule has 0 bridgehead atoms. The van der Waals surface area contributed by atoms with Crippen molar-refractivity contribution in [1.82, 2.24) is 5.43 Å². The highest BCUT2D eigenvalue weighted by Crippen LogP contribution is 2.34. The normalized spacial score (nSPS) is 13.6. The highest BCUT2D eigenvalue weighted by Gasteiger charge is 2.36. The molecule has 0 saturated heterocycles. The highest BCUT2D eigenvalue weighted by atomic mass is 16.5. The van der Waals surface area contributed by atoms with Crippen LogP contribution in [0.1, 0.15) is 45.2 Å². The summed E-state index contributed by atoms with van der Waals surface area (Å²) in [4.78, 5) is 0. The summed E-state index contributed by atoms with van der Waals surface area (Å²) in [6.45, 7) is 7.02. The van der Waals surface area contributed by atoms with E-state index in [0.717, 1.165) is 12.8 Å². The predicted molar refractivity (Wildman–Crippen MR) is 71.4 cm³/mol. The molecule has 0 amide bonds. The van der Waals surface area contributed by atoms with E-state index in [0.29, 0.717) is 6.61 Å². The highest BCUT2D eigenvalue weighted by molar-refractivity contribution is 5.22. The number of ether oxygens (including phenoxy) is 1. The molecule has 0 aromatic heterocycles. The molecule has 0 radical (unpaired) electrons. The van der Waals surface area contributed by atoms with E-state index >= 15 is 0 Å². The van der Waals surface area contributed by atoms with E-state index in [1.165, 1.54) is 5.56 Å². The Bertz CT molecular complexity index is 309. The minimum atomic E-state index is -0.231. The van der Waals surface area contributed by atoms with Crippen LogP contribution in [0.5, 0.6) is 0 Å². The van der Waals surface area contributed by atoms with Gasteiger partial charge in [-0.15, -0.1) is 0 Å². The fourth-order valence-electron chi connectivity index (χ4n) is 2.43. The molecular formula is C14H24N2O. The Morgan fingerprint density at radius 2 is 1.76 bits per heavy atom. The fraction of sp³-hybridized carbons (Fsp3) is 0.571. The first kappa shape index (κ1) is 14.2. The largest absolute Gasteiger partial charge is 0.373 e. The summed E-state index contributed by atoms with van der Waals surface area (Å²) >= 11 is 0. The van der Waals surface area contributed by atoms with Crippen LogP contribution in [0.25, 0.3) is 0 Å². The van der Waals surface area contributed by atoms with Crippen molar-refractivity contribution in [1.29, 1.82) is 0 Å². The van der Waals surface area contributed by atoms with Gasteiger partial charge in [0.15, 0.2) is 0 Å². The van der Waals surface area contributed by atoms with Crippen LogP contribution in [0.4, 0.5) is 0 Å². The van der Waals surface area contributed by atoms with E-state index in [2.05, 4.69) is 31.4 Å². The summed E-state index contributed by atoms with van der Waals surface area (Å²) < 4.78 is 5.99. The second-order valence-corrected chi connectivity index (χ2v) is 4.22. The van der Waals surface area contributed by atoms with Crippen molar-refractivity contribution in [3.8, 4) is 0 Å². The molecule has 1 aromatic rings. The lowest BCUT2D eigenvalue weighted by atomic mass is 9.84. The maximum absolute atomic E-state index is 5.99. The van der Waals surface area contributed by atoms with Gasteiger partial charge in [-0.25, -0.2) is 0 Å². The number of nitrogens with two attached hydrogens (primary N) is 1.